The summed E-state index contributed by atoms with van der Waals surface area (Å²) >= 11 is 0. The number of carbonyl (C=O) groups is 2. The van der Waals surface area contributed by atoms with Crippen LogP contribution in [-0.2, 0) is 7.05 Å². The van der Waals surface area contributed by atoms with Crippen LogP contribution in [0.3, 0.4) is 0 Å². The lowest BCUT2D eigenvalue weighted by Crippen LogP contribution is -2.37. The van der Waals surface area contributed by atoms with Gasteiger partial charge in [-0.25, -0.2) is 0 Å². The molecule has 1 aliphatic heterocycles. The number of rotatable bonds is 3. The summed E-state index contributed by atoms with van der Waals surface area (Å²) < 4.78 is 1.54. The van der Waals surface area contributed by atoms with Crippen LogP contribution in [0, 0.1) is 13.8 Å². The Balaban J connectivity index is 1.85. The Hall–Kier alpha value is -2.63. The van der Waals surface area contributed by atoms with Gasteiger partial charge >= 0.3 is 0 Å². The first-order valence-corrected chi connectivity index (χ1v) is 8.67. The summed E-state index contributed by atoms with van der Waals surface area (Å²) in [4.78, 5) is 27.4. The van der Waals surface area contributed by atoms with Gasteiger partial charge in [0.15, 0.2) is 0 Å². The zero-order chi connectivity index (χ0) is 18.0. The number of aromatic nitrogens is 2. The molecule has 0 aliphatic carbocycles. The lowest BCUT2D eigenvalue weighted by Gasteiger charge is -2.27. The first-order valence-electron chi connectivity index (χ1n) is 8.67. The van der Waals surface area contributed by atoms with Crippen LogP contribution in [0.1, 0.15) is 51.2 Å². The van der Waals surface area contributed by atoms with E-state index in [4.69, 9.17) is 0 Å². The Bertz CT molecular complexity index is 804. The molecule has 2 heterocycles. The summed E-state index contributed by atoms with van der Waals surface area (Å²) in [6, 6.07) is 5.75. The number of amides is 2. The summed E-state index contributed by atoms with van der Waals surface area (Å²) in [5.74, 6) is -0.294. The Labute approximate surface area is 147 Å². The van der Waals surface area contributed by atoms with E-state index in [9.17, 15) is 9.59 Å². The highest BCUT2D eigenvalue weighted by Crippen LogP contribution is 2.21. The first kappa shape index (κ1) is 17.2. The third-order valence-corrected chi connectivity index (χ3v) is 4.67. The summed E-state index contributed by atoms with van der Waals surface area (Å²) in [6.07, 6.45) is 4.74. The fourth-order valence-corrected chi connectivity index (χ4v) is 3.20. The van der Waals surface area contributed by atoms with E-state index < -0.39 is 0 Å². The van der Waals surface area contributed by atoms with Crippen LogP contribution in [0.2, 0.25) is 0 Å². The van der Waals surface area contributed by atoms with E-state index in [0.717, 1.165) is 43.5 Å². The van der Waals surface area contributed by atoms with Gasteiger partial charge in [-0.2, -0.15) is 5.10 Å². The van der Waals surface area contributed by atoms with Crippen LogP contribution in [0.15, 0.2) is 24.4 Å². The van der Waals surface area contributed by atoms with Gasteiger partial charge in [-0.15, -0.1) is 0 Å². The van der Waals surface area contributed by atoms with E-state index in [1.807, 2.05) is 36.9 Å². The van der Waals surface area contributed by atoms with Crippen molar-refractivity contribution in [2.45, 2.75) is 33.1 Å². The average molecular weight is 340 g/mol. The minimum atomic E-state index is -0.220. The SMILES string of the molecule is Cc1ccc(C)c(C(=O)Nc2cnn(C)c2C(=O)N2CCCCC2)c1. The summed E-state index contributed by atoms with van der Waals surface area (Å²) in [5.41, 5.74) is 3.42. The van der Waals surface area contributed by atoms with Crippen LogP contribution < -0.4 is 5.32 Å². The van der Waals surface area contributed by atoms with Crippen molar-refractivity contribution in [2.24, 2.45) is 7.05 Å². The summed E-state index contributed by atoms with van der Waals surface area (Å²) in [6.45, 7) is 5.37. The fourth-order valence-electron chi connectivity index (χ4n) is 3.20. The van der Waals surface area contributed by atoms with E-state index in [1.165, 1.54) is 4.68 Å². The van der Waals surface area contributed by atoms with Crippen molar-refractivity contribution in [3.63, 3.8) is 0 Å². The van der Waals surface area contributed by atoms with Crippen molar-refractivity contribution < 1.29 is 9.59 Å². The maximum atomic E-state index is 12.9. The number of benzene rings is 1. The normalized spacial score (nSPS) is 14.4. The topological polar surface area (TPSA) is 67.2 Å². The zero-order valence-corrected chi connectivity index (χ0v) is 15.0. The standard InChI is InChI=1S/C19H24N4O2/c1-13-7-8-14(2)15(11-13)18(24)21-16-12-20-22(3)17(16)19(25)23-9-5-4-6-10-23/h7-8,11-12H,4-6,9-10H2,1-3H3,(H,21,24). The quantitative estimate of drug-likeness (QED) is 0.934. The number of carbonyl (C=O) groups excluding carboxylic acids is 2. The second-order valence-corrected chi connectivity index (χ2v) is 6.66. The molecule has 0 unspecified atom stereocenters. The van der Waals surface area contributed by atoms with E-state index in [0.29, 0.717) is 16.9 Å². The van der Waals surface area contributed by atoms with Crippen LogP contribution in [0.5, 0.6) is 0 Å². The molecule has 1 aliphatic rings. The van der Waals surface area contributed by atoms with E-state index >= 15 is 0 Å². The van der Waals surface area contributed by atoms with Gasteiger partial charge in [0.05, 0.1) is 11.9 Å². The Morgan fingerprint density at radius 1 is 1.12 bits per heavy atom. The molecule has 1 aromatic carbocycles. The van der Waals surface area contributed by atoms with Crippen molar-refractivity contribution in [3.8, 4) is 0 Å². The number of anilines is 1. The maximum absolute atomic E-state index is 12.9. The second kappa shape index (κ2) is 7.09. The monoisotopic (exact) mass is 340 g/mol. The molecule has 0 atom stereocenters. The molecule has 0 radical (unpaired) electrons. The molecule has 1 fully saturated rings. The van der Waals surface area contributed by atoms with Gasteiger partial charge < -0.3 is 10.2 Å². The largest absolute Gasteiger partial charge is 0.337 e. The van der Waals surface area contributed by atoms with Crippen molar-refractivity contribution in [1.29, 1.82) is 0 Å². The Kier molecular flexibility index (Phi) is 4.88. The lowest BCUT2D eigenvalue weighted by atomic mass is 10.0. The van der Waals surface area contributed by atoms with Crippen LogP contribution in [0.25, 0.3) is 0 Å². The maximum Gasteiger partial charge on any atom is 0.274 e. The number of hydrogen-bond acceptors (Lipinski definition) is 3. The second-order valence-electron chi connectivity index (χ2n) is 6.66. The molecule has 3 rings (SSSR count). The van der Waals surface area contributed by atoms with Crippen molar-refractivity contribution in [1.82, 2.24) is 14.7 Å². The molecule has 6 heteroatoms. The van der Waals surface area contributed by atoms with Gasteiger partial charge in [0.25, 0.3) is 11.8 Å². The summed E-state index contributed by atoms with van der Waals surface area (Å²) in [7, 11) is 1.73. The minimum absolute atomic E-state index is 0.0732. The summed E-state index contributed by atoms with van der Waals surface area (Å²) in [5, 5.41) is 7.04. The van der Waals surface area contributed by atoms with Gasteiger partial charge in [-0.1, -0.05) is 17.7 Å². The van der Waals surface area contributed by atoms with Gasteiger partial charge in [-0.3, -0.25) is 14.3 Å². The molecular weight excluding hydrogens is 316 g/mol. The number of nitrogens with one attached hydrogen (secondary N) is 1. The predicted molar refractivity (Wildman–Crippen MR) is 96.8 cm³/mol. The van der Waals surface area contributed by atoms with Gasteiger partial charge in [0, 0.05) is 25.7 Å². The molecule has 6 nitrogen and oxygen atoms in total. The fraction of sp³-hybridized carbons (Fsp3) is 0.421. The van der Waals surface area contributed by atoms with Gasteiger partial charge in [0.2, 0.25) is 0 Å². The molecule has 132 valence electrons. The predicted octanol–water partition coefficient (Wildman–Crippen LogP) is 2.92. The number of likely N-dealkylation sites (tertiary alicyclic amines) is 1. The average Bonchev–Trinajstić information content (AvgIpc) is 2.97. The molecule has 0 spiro atoms. The number of piperidine rings is 1. The van der Waals surface area contributed by atoms with Crippen molar-refractivity contribution in [2.75, 3.05) is 18.4 Å². The third-order valence-electron chi connectivity index (χ3n) is 4.67. The lowest BCUT2D eigenvalue weighted by molar-refractivity contribution is 0.0714. The number of nitrogens with zero attached hydrogens (tertiary/aromatic N) is 3. The molecular formula is C19H24N4O2. The molecule has 1 N–H and O–H groups in total. The molecule has 2 aromatic rings. The molecule has 2 amide bonds. The highest BCUT2D eigenvalue weighted by Gasteiger charge is 2.25. The smallest absolute Gasteiger partial charge is 0.274 e. The molecule has 1 saturated heterocycles. The number of aryl methyl sites for hydroxylation is 3. The zero-order valence-electron chi connectivity index (χ0n) is 15.0. The van der Waals surface area contributed by atoms with Crippen LogP contribution in [-0.4, -0.2) is 39.6 Å². The minimum Gasteiger partial charge on any atom is -0.337 e. The first-order chi connectivity index (χ1) is 12.0. The van der Waals surface area contributed by atoms with Crippen LogP contribution >= 0.6 is 0 Å². The van der Waals surface area contributed by atoms with Crippen molar-refractivity contribution in [3.05, 3.63) is 46.8 Å². The van der Waals surface area contributed by atoms with E-state index in [-0.39, 0.29) is 11.8 Å². The molecule has 25 heavy (non-hydrogen) atoms. The highest BCUT2D eigenvalue weighted by molar-refractivity contribution is 6.09. The Morgan fingerprint density at radius 2 is 1.84 bits per heavy atom. The van der Waals surface area contributed by atoms with Gasteiger partial charge in [0.1, 0.15) is 5.69 Å². The molecule has 0 saturated carbocycles. The van der Waals surface area contributed by atoms with E-state index in [2.05, 4.69) is 10.4 Å². The third kappa shape index (κ3) is 3.57. The van der Waals surface area contributed by atoms with E-state index in [1.54, 1.807) is 13.2 Å². The number of hydrogen-bond donors (Lipinski definition) is 1. The Morgan fingerprint density at radius 3 is 2.56 bits per heavy atom. The van der Waals surface area contributed by atoms with Crippen molar-refractivity contribution >= 4 is 17.5 Å². The highest BCUT2D eigenvalue weighted by atomic mass is 16.2. The molecule has 0 bridgehead atoms. The molecule has 1 aromatic heterocycles. The van der Waals surface area contributed by atoms with Crippen LogP contribution in [0.4, 0.5) is 5.69 Å². The van der Waals surface area contributed by atoms with Gasteiger partial charge in [-0.05, 0) is 44.7 Å².